The summed E-state index contributed by atoms with van der Waals surface area (Å²) < 4.78 is 0. The van der Waals surface area contributed by atoms with Gasteiger partial charge in [-0.15, -0.1) is 24.8 Å². The number of nitrogens with zero attached hydrogens (tertiary/aromatic N) is 2. The SMILES string of the molecule is Cl.Cl.O=C(N[C@H]1CCCNC1)c1cnc2ccccc2n1. The molecular formula is C14H18Cl2N4O. The minimum absolute atomic E-state index is 0. The molecule has 0 unspecified atom stereocenters. The molecule has 1 saturated heterocycles. The van der Waals surface area contributed by atoms with Gasteiger partial charge in [-0.25, -0.2) is 4.98 Å². The Kier molecular flexibility index (Phi) is 6.81. The number of benzene rings is 1. The third kappa shape index (κ3) is 4.27. The van der Waals surface area contributed by atoms with Crippen molar-refractivity contribution in [2.75, 3.05) is 13.1 Å². The highest BCUT2D eigenvalue weighted by Gasteiger charge is 2.17. The quantitative estimate of drug-likeness (QED) is 0.884. The fourth-order valence-electron chi connectivity index (χ4n) is 2.30. The maximum absolute atomic E-state index is 12.1. The smallest absolute Gasteiger partial charge is 0.271 e. The molecule has 2 N–H and O–H groups in total. The highest BCUT2D eigenvalue weighted by molar-refractivity contribution is 5.93. The first-order valence-corrected chi connectivity index (χ1v) is 6.56. The van der Waals surface area contributed by atoms with Gasteiger partial charge >= 0.3 is 0 Å². The van der Waals surface area contributed by atoms with Crippen LogP contribution in [-0.4, -0.2) is 35.0 Å². The lowest BCUT2D eigenvalue weighted by molar-refractivity contribution is 0.0925. The number of carbonyl (C=O) groups excluding carboxylic acids is 1. The van der Waals surface area contributed by atoms with Crippen LogP contribution in [0, 0.1) is 0 Å². The lowest BCUT2D eigenvalue weighted by Crippen LogP contribution is -2.45. The van der Waals surface area contributed by atoms with Crippen molar-refractivity contribution in [3.8, 4) is 0 Å². The van der Waals surface area contributed by atoms with Crippen LogP contribution in [0.1, 0.15) is 23.3 Å². The monoisotopic (exact) mass is 328 g/mol. The first-order chi connectivity index (χ1) is 9.33. The molecule has 2 aromatic rings. The molecule has 3 rings (SSSR count). The predicted molar refractivity (Wildman–Crippen MR) is 87.4 cm³/mol. The van der Waals surface area contributed by atoms with Crippen LogP contribution < -0.4 is 10.6 Å². The fraction of sp³-hybridized carbons (Fsp3) is 0.357. The number of piperidine rings is 1. The average molecular weight is 329 g/mol. The summed E-state index contributed by atoms with van der Waals surface area (Å²) >= 11 is 0. The van der Waals surface area contributed by atoms with E-state index < -0.39 is 0 Å². The Morgan fingerprint density at radius 2 is 2.00 bits per heavy atom. The number of nitrogens with one attached hydrogen (secondary N) is 2. The maximum Gasteiger partial charge on any atom is 0.271 e. The van der Waals surface area contributed by atoms with Crippen molar-refractivity contribution < 1.29 is 4.79 Å². The second kappa shape index (κ2) is 8.12. The number of fused-ring (bicyclic) bond motifs is 1. The number of para-hydroxylation sites is 2. The summed E-state index contributed by atoms with van der Waals surface area (Å²) in [4.78, 5) is 20.7. The highest BCUT2D eigenvalue weighted by Crippen LogP contribution is 2.09. The van der Waals surface area contributed by atoms with Crippen molar-refractivity contribution in [3.63, 3.8) is 0 Å². The first-order valence-electron chi connectivity index (χ1n) is 6.56. The van der Waals surface area contributed by atoms with Crippen LogP contribution >= 0.6 is 24.8 Å². The molecule has 0 saturated carbocycles. The summed E-state index contributed by atoms with van der Waals surface area (Å²) in [6, 6.07) is 7.74. The van der Waals surface area contributed by atoms with Gasteiger partial charge in [-0.3, -0.25) is 9.78 Å². The van der Waals surface area contributed by atoms with Crippen molar-refractivity contribution in [1.29, 1.82) is 0 Å². The van der Waals surface area contributed by atoms with E-state index in [1.807, 2.05) is 24.3 Å². The van der Waals surface area contributed by atoms with Crippen molar-refractivity contribution in [3.05, 3.63) is 36.2 Å². The summed E-state index contributed by atoms with van der Waals surface area (Å²) in [6.45, 7) is 1.86. The summed E-state index contributed by atoms with van der Waals surface area (Å²) in [7, 11) is 0. The van der Waals surface area contributed by atoms with Gasteiger partial charge in [0.1, 0.15) is 5.69 Å². The van der Waals surface area contributed by atoms with Gasteiger partial charge in [0, 0.05) is 12.6 Å². The van der Waals surface area contributed by atoms with Crippen LogP contribution in [0.5, 0.6) is 0 Å². The molecule has 7 heteroatoms. The molecular weight excluding hydrogens is 311 g/mol. The standard InChI is InChI=1S/C14H16N4O.2ClH/c19-14(17-10-4-3-7-15-8-10)13-9-16-11-5-1-2-6-12(11)18-13;;/h1-2,5-6,9-10,15H,3-4,7-8H2,(H,17,19);2*1H/t10-;;/m0../s1. The molecule has 0 radical (unpaired) electrons. The molecule has 21 heavy (non-hydrogen) atoms. The Bertz CT molecular complexity index is 602. The molecule has 1 aliphatic rings. The highest BCUT2D eigenvalue weighted by atomic mass is 35.5. The third-order valence-corrected chi connectivity index (χ3v) is 3.31. The Balaban J connectivity index is 0.00000110. The van der Waals surface area contributed by atoms with E-state index in [1.54, 1.807) is 0 Å². The molecule has 0 bridgehead atoms. The summed E-state index contributed by atoms with van der Waals surface area (Å²) in [5, 5.41) is 6.27. The minimum Gasteiger partial charge on any atom is -0.347 e. The Morgan fingerprint density at radius 3 is 2.71 bits per heavy atom. The van der Waals surface area contributed by atoms with Gasteiger partial charge in [0.15, 0.2) is 0 Å². The van der Waals surface area contributed by atoms with E-state index in [2.05, 4.69) is 20.6 Å². The van der Waals surface area contributed by atoms with E-state index in [4.69, 9.17) is 0 Å². The summed E-state index contributed by atoms with van der Waals surface area (Å²) in [5.74, 6) is -0.146. The molecule has 2 heterocycles. The average Bonchev–Trinajstić information content (AvgIpc) is 2.48. The van der Waals surface area contributed by atoms with Gasteiger partial charge in [0.05, 0.1) is 17.2 Å². The predicted octanol–water partition coefficient (Wildman–Crippen LogP) is 1.96. The van der Waals surface area contributed by atoms with E-state index in [0.717, 1.165) is 37.0 Å². The van der Waals surface area contributed by atoms with Crippen molar-refractivity contribution in [2.45, 2.75) is 18.9 Å². The van der Waals surface area contributed by atoms with Crippen LogP contribution in [0.25, 0.3) is 11.0 Å². The van der Waals surface area contributed by atoms with Gasteiger partial charge in [-0.1, -0.05) is 12.1 Å². The number of aromatic nitrogens is 2. The molecule has 114 valence electrons. The summed E-state index contributed by atoms with van der Waals surface area (Å²) in [6.07, 6.45) is 3.64. The molecule has 1 aromatic heterocycles. The molecule has 0 spiro atoms. The number of carbonyl (C=O) groups is 1. The normalized spacial score (nSPS) is 17.4. The zero-order valence-corrected chi connectivity index (χ0v) is 13.0. The Labute approximate surface area is 135 Å². The van der Waals surface area contributed by atoms with Crippen LogP contribution in [0.4, 0.5) is 0 Å². The maximum atomic E-state index is 12.1. The Hall–Kier alpha value is -1.43. The van der Waals surface area contributed by atoms with Crippen LogP contribution in [0.15, 0.2) is 30.5 Å². The molecule has 5 nitrogen and oxygen atoms in total. The van der Waals surface area contributed by atoms with Gasteiger partial charge in [-0.05, 0) is 31.5 Å². The number of hydrogen-bond acceptors (Lipinski definition) is 4. The van der Waals surface area contributed by atoms with E-state index >= 15 is 0 Å². The molecule has 1 amide bonds. The van der Waals surface area contributed by atoms with Crippen LogP contribution in [-0.2, 0) is 0 Å². The minimum atomic E-state index is -0.146. The first kappa shape index (κ1) is 17.6. The van der Waals surface area contributed by atoms with E-state index in [-0.39, 0.29) is 36.8 Å². The molecule has 1 aromatic carbocycles. The number of amides is 1. The zero-order chi connectivity index (χ0) is 13.1. The molecule has 0 aliphatic carbocycles. The van der Waals surface area contributed by atoms with Gasteiger partial charge < -0.3 is 10.6 Å². The number of rotatable bonds is 2. The summed E-state index contributed by atoms with van der Waals surface area (Å²) in [5.41, 5.74) is 1.93. The molecule has 1 atom stereocenters. The van der Waals surface area contributed by atoms with Gasteiger partial charge in [0.25, 0.3) is 5.91 Å². The lowest BCUT2D eigenvalue weighted by Gasteiger charge is -2.23. The van der Waals surface area contributed by atoms with E-state index in [9.17, 15) is 4.79 Å². The van der Waals surface area contributed by atoms with Gasteiger partial charge in [0.2, 0.25) is 0 Å². The fourth-order valence-corrected chi connectivity index (χ4v) is 2.30. The third-order valence-electron chi connectivity index (χ3n) is 3.31. The topological polar surface area (TPSA) is 66.9 Å². The number of hydrogen-bond donors (Lipinski definition) is 2. The van der Waals surface area contributed by atoms with E-state index in [0.29, 0.717) is 5.69 Å². The zero-order valence-electron chi connectivity index (χ0n) is 11.4. The second-order valence-corrected chi connectivity index (χ2v) is 4.76. The Morgan fingerprint density at radius 1 is 1.24 bits per heavy atom. The van der Waals surface area contributed by atoms with Crippen LogP contribution in [0.2, 0.25) is 0 Å². The lowest BCUT2D eigenvalue weighted by atomic mass is 10.1. The molecule has 1 fully saturated rings. The van der Waals surface area contributed by atoms with Crippen molar-refractivity contribution in [2.24, 2.45) is 0 Å². The largest absolute Gasteiger partial charge is 0.347 e. The molecule has 1 aliphatic heterocycles. The number of halogens is 2. The van der Waals surface area contributed by atoms with Crippen molar-refractivity contribution in [1.82, 2.24) is 20.6 Å². The van der Waals surface area contributed by atoms with Crippen molar-refractivity contribution >= 4 is 41.8 Å². The van der Waals surface area contributed by atoms with E-state index in [1.165, 1.54) is 6.20 Å². The second-order valence-electron chi connectivity index (χ2n) is 4.76. The van der Waals surface area contributed by atoms with Crippen LogP contribution in [0.3, 0.4) is 0 Å². The van der Waals surface area contributed by atoms with Gasteiger partial charge in [-0.2, -0.15) is 0 Å².